The molecule has 3 rings (SSSR count). The topological polar surface area (TPSA) is 83.0 Å². The monoisotopic (exact) mass is 344 g/mol. The van der Waals surface area contributed by atoms with Crippen LogP contribution in [0.1, 0.15) is 29.0 Å². The molecule has 8 heteroatoms. The highest BCUT2D eigenvalue weighted by Gasteiger charge is 2.15. The highest BCUT2D eigenvalue weighted by molar-refractivity contribution is 5.94. The minimum Gasteiger partial charge on any atom is -0.368 e. The second kappa shape index (κ2) is 7.87. The SMILES string of the molecule is Cc1nc(NCCNC(=O)c2ccncc2F)cc(N2CCCC2)n1. The van der Waals surface area contributed by atoms with E-state index in [-0.39, 0.29) is 5.56 Å². The number of halogens is 1. The summed E-state index contributed by atoms with van der Waals surface area (Å²) < 4.78 is 13.5. The number of aromatic nitrogens is 3. The van der Waals surface area contributed by atoms with Gasteiger partial charge in [0, 0.05) is 38.4 Å². The smallest absolute Gasteiger partial charge is 0.254 e. The first kappa shape index (κ1) is 17.1. The van der Waals surface area contributed by atoms with Crippen molar-refractivity contribution in [3.63, 3.8) is 0 Å². The maximum absolute atomic E-state index is 13.5. The van der Waals surface area contributed by atoms with Crippen LogP contribution in [0.5, 0.6) is 0 Å². The Kier molecular flexibility index (Phi) is 5.37. The number of hydrogen-bond donors (Lipinski definition) is 2. The second-order valence-electron chi connectivity index (χ2n) is 5.89. The van der Waals surface area contributed by atoms with Crippen LogP contribution < -0.4 is 15.5 Å². The van der Waals surface area contributed by atoms with Crippen molar-refractivity contribution in [2.45, 2.75) is 19.8 Å². The maximum Gasteiger partial charge on any atom is 0.254 e. The number of amides is 1. The van der Waals surface area contributed by atoms with Gasteiger partial charge in [0.2, 0.25) is 0 Å². The molecule has 1 aliphatic rings. The minimum absolute atomic E-state index is 0.01000. The normalized spacial score (nSPS) is 13.8. The highest BCUT2D eigenvalue weighted by atomic mass is 19.1. The molecular weight excluding hydrogens is 323 g/mol. The quantitative estimate of drug-likeness (QED) is 0.777. The van der Waals surface area contributed by atoms with Crippen LogP contribution in [0.4, 0.5) is 16.0 Å². The van der Waals surface area contributed by atoms with Gasteiger partial charge in [0.15, 0.2) is 5.82 Å². The largest absolute Gasteiger partial charge is 0.368 e. The first-order valence-corrected chi connectivity index (χ1v) is 8.36. The number of nitrogens with one attached hydrogen (secondary N) is 2. The maximum atomic E-state index is 13.5. The van der Waals surface area contributed by atoms with Crippen molar-refractivity contribution in [3.8, 4) is 0 Å². The molecule has 2 N–H and O–H groups in total. The van der Waals surface area contributed by atoms with E-state index in [1.54, 1.807) is 0 Å². The lowest BCUT2D eigenvalue weighted by molar-refractivity contribution is 0.0951. The van der Waals surface area contributed by atoms with E-state index in [1.807, 2.05) is 13.0 Å². The lowest BCUT2D eigenvalue weighted by atomic mass is 10.2. The van der Waals surface area contributed by atoms with E-state index in [2.05, 4.69) is 30.5 Å². The van der Waals surface area contributed by atoms with Crippen molar-refractivity contribution in [2.24, 2.45) is 0 Å². The summed E-state index contributed by atoms with van der Waals surface area (Å²) in [5, 5.41) is 5.84. The molecule has 2 aromatic rings. The molecule has 1 saturated heterocycles. The first-order chi connectivity index (χ1) is 12.1. The number of pyridine rings is 1. The average molecular weight is 344 g/mol. The van der Waals surface area contributed by atoms with Gasteiger partial charge in [-0.05, 0) is 25.8 Å². The van der Waals surface area contributed by atoms with Crippen molar-refractivity contribution in [2.75, 3.05) is 36.4 Å². The van der Waals surface area contributed by atoms with Crippen LogP contribution in [0.3, 0.4) is 0 Å². The number of hydrogen-bond acceptors (Lipinski definition) is 6. The van der Waals surface area contributed by atoms with E-state index in [0.717, 1.165) is 30.9 Å². The molecular formula is C17H21FN6O. The zero-order valence-corrected chi connectivity index (χ0v) is 14.1. The number of carbonyl (C=O) groups excluding carboxylic acids is 1. The Labute approximate surface area is 145 Å². The number of anilines is 2. The third-order valence-corrected chi connectivity index (χ3v) is 3.99. The Morgan fingerprint density at radius 2 is 2.08 bits per heavy atom. The molecule has 1 fully saturated rings. The summed E-state index contributed by atoms with van der Waals surface area (Å²) in [6.07, 6.45) is 4.78. The number of nitrogens with zero attached hydrogens (tertiary/aromatic N) is 4. The van der Waals surface area contributed by atoms with E-state index in [0.29, 0.717) is 18.9 Å². The Bertz CT molecular complexity index is 748. The third-order valence-electron chi connectivity index (χ3n) is 3.99. The molecule has 1 aliphatic heterocycles. The average Bonchev–Trinajstić information content (AvgIpc) is 3.13. The van der Waals surface area contributed by atoms with Crippen LogP contribution in [0.2, 0.25) is 0 Å². The molecule has 2 aromatic heterocycles. The predicted octanol–water partition coefficient (Wildman–Crippen LogP) is 1.76. The molecule has 0 saturated carbocycles. The van der Waals surface area contributed by atoms with Crippen LogP contribution in [0.25, 0.3) is 0 Å². The zero-order chi connectivity index (χ0) is 17.6. The van der Waals surface area contributed by atoms with E-state index >= 15 is 0 Å². The lowest BCUT2D eigenvalue weighted by Gasteiger charge is -2.17. The van der Waals surface area contributed by atoms with E-state index < -0.39 is 11.7 Å². The van der Waals surface area contributed by atoms with E-state index in [1.165, 1.54) is 25.1 Å². The van der Waals surface area contributed by atoms with Gasteiger partial charge in [-0.15, -0.1) is 0 Å². The molecule has 25 heavy (non-hydrogen) atoms. The summed E-state index contributed by atoms with van der Waals surface area (Å²) in [7, 11) is 0. The fraction of sp³-hybridized carbons (Fsp3) is 0.412. The molecule has 0 aromatic carbocycles. The van der Waals surface area contributed by atoms with E-state index in [4.69, 9.17) is 0 Å². The van der Waals surface area contributed by atoms with Gasteiger partial charge in [-0.3, -0.25) is 9.78 Å². The molecule has 132 valence electrons. The van der Waals surface area contributed by atoms with Gasteiger partial charge in [0.1, 0.15) is 17.5 Å². The number of rotatable bonds is 6. The highest BCUT2D eigenvalue weighted by Crippen LogP contribution is 2.20. The molecule has 0 spiro atoms. The molecule has 0 atom stereocenters. The van der Waals surface area contributed by atoms with Crippen molar-refractivity contribution in [3.05, 3.63) is 41.7 Å². The van der Waals surface area contributed by atoms with Gasteiger partial charge in [0.25, 0.3) is 5.91 Å². The molecule has 0 unspecified atom stereocenters. The molecule has 7 nitrogen and oxygen atoms in total. The summed E-state index contributed by atoms with van der Waals surface area (Å²) in [6.45, 7) is 4.72. The van der Waals surface area contributed by atoms with Crippen LogP contribution in [-0.2, 0) is 0 Å². The van der Waals surface area contributed by atoms with Crippen LogP contribution in [-0.4, -0.2) is 47.0 Å². The van der Waals surface area contributed by atoms with Crippen molar-refractivity contribution in [1.29, 1.82) is 0 Å². The van der Waals surface area contributed by atoms with Crippen molar-refractivity contribution < 1.29 is 9.18 Å². The fourth-order valence-electron chi connectivity index (χ4n) is 2.77. The Morgan fingerprint density at radius 3 is 2.84 bits per heavy atom. The fourth-order valence-corrected chi connectivity index (χ4v) is 2.77. The molecule has 3 heterocycles. The van der Waals surface area contributed by atoms with E-state index in [9.17, 15) is 9.18 Å². The zero-order valence-electron chi connectivity index (χ0n) is 14.1. The summed E-state index contributed by atoms with van der Waals surface area (Å²) in [6, 6.07) is 3.27. The van der Waals surface area contributed by atoms with Gasteiger partial charge < -0.3 is 15.5 Å². The standard InChI is InChI=1S/C17H21FN6O/c1-12-22-15(10-16(23-12)24-8-2-3-9-24)20-6-7-21-17(25)13-4-5-19-11-14(13)18/h4-5,10-11H,2-3,6-9H2,1H3,(H,21,25)(H,20,22,23). The second-order valence-corrected chi connectivity index (χ2v) is 5.89. The molecule has 1 amide bonds. The van der Waals surface area contributed by atoms with Crippen LogP contribution in [0.15, 0.2) is 24.5 Å². The Hall–Kier alpha value is -2.77. The summed E-state index contributed by atoms with van der Waals surface area (Å²) >= 11 is 0. The van der Waals surface area contributed by atoms with Gasteiger partial charge in [-0.2, -0.15) is 0 Å². The predicted molar refractivity (Wildman–Crippen MR) is 93.2 cm³/mol. The van der Waals surface area contributed by atoms with Crippen LogP contribution in [0, 0.1) is 12.7 Å². The Morgan fingerprint density at radius 1 is 1.28 bits per heavy atom. The number of aryl methyl sites for hydroxylation is 1. The molecule has 0 radical (unpaired) electrons. The molecule has 0 aliphatic carbocycles. The van der Waals surface area contributed by atoms with Crippen molar-refractivity contribution in [1.82, 2.24) is 20.3 Å². The third kappa shape index (κ3) is 4.40. The summed E-state index contributed by atoms with van der Waals surface area (Å²) in [5.74, 6) is 1.26. The van der Waals surface area contributed by atoms with Gasteiger partial charge in [-0.25, -0.2) is 14.4 Å². The summed E-state index contributed by atoms with van der Waals surface area (Å²) in [5.41, 5.74) is -0.01000. The van der Waals surface area contributed by atoms with Gasteiger partial charge in [0.05, 0.1) is 11.8 Å². The number of carbonyl (C=O) groups is 1. The lowest BCUT2D eigenvalue weighted by Crippen LogP contribution is -2.29. The van der Waals surface area contributed by atoms with Gasteiger partial charge >= 0.3 is 0 Å². The van der Waals surface area contributed by atoms with Crippen molar-refractivity contribution >= 4 is 17.5 Å². The Balaban J connectivity index is 1.52. The van der Waals surface area contributed by atoms with Crippen LogP contribution >= 0.6 is 0 Å². The minimum atomic E-state index is -0.630. The molecule has 0 bridgehead atoms. The summed E-state index contributed by atoms with van der Waals surface area (Å²) in [4.78, 5) is 26.6. The first-order valence-electron chi connectivity index (χ1n) is 8.36. The van der Waals surface area contributed by atoms with Gasteiger partial charge in [-0.1, -0.05) is 0 Å².